The molecule has 0 saturated carbocycles. The number of pyridine rings is 1. The summed E-state index contributed by atoms with van der Waals surface area (Å²) < 4.78 is 5.25. The minimum absolute atomic E-state index is 0.123. The Labute approximate surface area is 117 Å². The van der Waals surface area contributed by atoms with Gasteiger partial charge in [-0.3, -0.25) is 9.78 Å². The Morgan fingerprint density at radius 1 is 1.35 bits per heavy atom. The zero-order valence-corrected chi connectivity index (χ0v) is 11.2. The highest BCUT2D eigenvalue weighted by atomic mass is 16.5. The van der Waals surface area contributed by atoms with E-state index in [2.05, 4.69) is 10.3 Å². The lowest BCUT2D eigenvalue weighted by Gasteiger charge is -2.09. The molecule has 0 unspecified atom stereocenters. The number of amides is 1. The average molecular weight is 272 g/mol. The van der Waals surface area contributed by atoms with E-state index in [9.17, 15) is 9.90 Å². The third-order valence-electron chi connectivity index (χ3n) is 2.92. The molecule has 20 heavy (non-hydrogen) atoms. The van der Waals surface area contributed by atoms with Crippen LogP contribution in [0, 0.1) is 0 Å². The van der Waals surface area contributed by atoms with E-state index < -0.39 is 0 Å². The highest BCUT2D eigenvalue weighted by Crippen LogP contribution is 2.17. The highest BCUT2D eigenvalue weighted by Gasteiger charge is 2.10. The number of aromatic hydroxyl groups is 1. The lowest BCUT2D eigenvalue weighted by Crippen LogP contribution is -2.25. The Bertz CT molecular complexity index is 599. The van der Waals surface area contributed by atoms with E-state index in [1.54, 1.807) is 7.11 Å². The summed E-state index contributed by atoms with van der Waals surface area (Å²) in [7, 11) is 1.62. The van der Waals surface area contributed by atoms with Crippen LogP contribution in [0.3, 0.4) is 0 Å². The van der Waals surface area contributed by atoms with Crippen LogP contribution in [0.2, 0.25) is 0 Å². The van der Waals surface area contributed by atoms with Crippen LogP contribution < -0.4 is 10.1 Å². The Morgan fingerprint density at radius 3 is 2.90 bits per heavy atom. The first-order chi connectivity index (χ1) is 9.72. The molecule has 2 aromatic rings. The van der Waals surface area contributed by atoms with E-state index in [4.69, 9.17) is 4.74 Å². The number of hydrogen-bond acceptors (Lipinski definition) is 4. The molecule has 5 heteroatoms. The molecular weight excluding hydrogens is 256 g/mol. The van der Waals surface area contributed by atoms with Crippen LogP contribution in [0.15, 0.2) is 42.7 Å². The van der Waals surface area contributed by atoms with E-state index in [1.807, 2.05) is 24.3 Å². The second-order valence-electron chi connectivity index (χ2n) is 4.21. The fourth-order valence-electron chi connectivity index (χ4n) is 1.89. The molecule has 1 aromatic heterocycles. The maximum atomic E-state index is 11.9. The molecule has 1 heterocycles. The molecule has 0 aliphatic rings. The highest BCUT2D eigenvalue weighted by molar-refractivity contribution is 5.96. The fourth-order valence-corrected chi connectivity index (χ4v) is 1.89. The Balaban J connectivity index is 1.93. The van der Waals surface area contributed by atoms with Crippen molar-refractivity contribution in [3.05, 3.63) is 53.9 Å². The van der Waals surface area contributed by atoms with Crippen LogP contribution >= 0.6 is 0 Å². The van der Waals surface area contributed by atoms with E-state index in [0.29, 0.717) is 13.0 Å². The largest absolute Gasteiger partial charge is 0.505 e. The number of carbonyl (C=O) groups is 1. The molecule has 0 atom stereocenters. The number of benzene rings is 1. The van der Waals surface area contributed by atoms with Crippen molar-refractivity contribution < 1.29 is 14.6 Å². The monoisotopic (exact) mass is 272 g/mol. The van der Waals surface area contributed by atoms with Crippen LogP contribution in [0.5, 0.6) is 11.5 Å². The van der Waals surface area contributed by atoms with E-state index in [-0.39, 0.29) is 17.2 Å². The third kappa shape index (κ3) is 3.26. The van der Waals surface area contributed by atoms with E-state index >= 15 is 0 Å². The van der Waals surface area contributed by atoms with Crippen LogP contribution in [-0.2, 0) is 6.42 Å². The van der Waals surface area contributed by atoms with Gasteiger partial charge in [-0.25, -0.2) is 0 Å². The predicted octanol–water partition coefficient (Wildman–Crippen LogP) is 1.77. The molecule has 0 radical (unpaired) electrons. The normalized spacial score (nSPS) is 10.1. The summed E-state index contributed by atoms with van der Waals surface area (Å²) in [4.78, 5) is 15.6. The van der Waals surface area contributed by atoms with Gasteiger partial charge < -0.3 is 15.2 Å². The molecule has 2 N–H and O–H groups in total. The molecule has 5 nitrogen and oxygen atoms in total. The zero-order chi connectivity index (χ0) is 14.4. The van der Waals surface area contributed by atoms with Crippen LogP contribution in [0.4, 0.5) is 0 Å². The molecule has 2 rings (SSSR count). The summed E-state index contributed by atoms with van der Waals surface area (Å²) in [5.41, 5.74) is 1.24. The molecule has 1 aromatic carbocycles. The van der Waals surface area contributed by atoms with Crippen molar-refractivity contribution in [2.75, 3.05) is 13.7 Å². The first-order valence-corrected chi connectivity index (χ1v) is 6.25. The van der Waals surface area contributed by atoms with Gasteiger partial charge in [0.15, 0.2) is 0 Å². The van der Waals surface area contributed by atoms with Crippen molar-refractivity contribution >= 4 is 5.91 Å². The second-order valence-corrected chi connectivity index (χ2v) is 4.21. The van der Waals surface area contributed by atoms with Gasteiger partial charge in [0, 0.05) is 12.7 Å². The number of nitrogens with zero attached hydrogens (tertiary/aromatic N) is 1. The standard InChI is InChI=1S/C15H16N2O3/c1-20-14-5-3-2-4-11(14)6-9-17-15(19)12-7-8-16-10-13(12)18/h2-5,7-8,10,18H,6,9H2,1H3,(H,17,19). The van der Waals surface area contributed by atoms with Gasteiger partial charge in [-0.2, -0.15) is 0 Å². The minimum Gasteiger partial charge on any atom is -0.505 e. The summed E-state index contributed by atoms with van der Waals surface area (Å²) in [5, 5.41) is 12.3. The van der Waals surface area contributed by atoms with Crippen LogP contribution in [-0.4, -0.2) is 29.7 Å². The summed E-state index contributed by atoms with van der Waals surface area (Å²) in [6.07, 6.45) is 3.37. The summed E-state index contributed by atoms with van der Waals surface area (Å²) in [6, 6.07) is 9.14. The lowest BCUT2D eigenvalue weighted by atomic mass is 10.1. The fraction of sp³-hybridized carbons (Fsp3) is 0.200. The maximum Gasteiger partial charge on any atom is 0.255 e. The number of ether oxygens (including phenoxy) is 1. The number of hydrogen-bond donors (Lipinski definition) is 2. The van der Waals surface area contributed by atoms with Crippen LogP contribution in [0.1, 0.15) is 15.9 Å². The predicted molar refractivity (Wildman–Crippen MR) is 74.9 cm³/mol. The van der Waals surface area contributed by atoms with Crippen LogP contribution in [0.25, 0.3) is 0 Å². The zero-order valence-electron chi connectivity index (χ0n) is 11.2. The minimum atomic E-state index is -0.320. The maximum absolute atomic E-state index is 11.9. The van der Waals surface area contributed by atoms with Gasteiger partial charge in [0.2, 0.25) is 0 Å². The SMILES string of the molecule is COc1ccccc1CCNC(=O)c1ccncc1O. The van der Waals surface area contributed by atoms with Gasteiger partial charge in [0.05, 0.1) is 18.9 Å². The van der Waals surface area contributed by atoms with Gasteiger partial charge in [0.1, 0.15) is 11.5 Å². The van der Waals surface area contributed by atoms with Gasteiger partial charge in [-0.1, -0.05) is 18.2 Å². The Morgan fingerprint density at radius 2 is 2.15 bits per heavy atom. The Hall–Kier alpha value is -2.56. The molecule has 0 saturated heterocycles. The van der Waals surface area contributed by atoms with Crippen molar-refractivity contribution in [3.63, 3.8) is 0 Å². The molecule has 0 aliphatic heterocycles. The van der Waals surface area contributed by atoms with Gasteiger partial charge in [-0.15, -0.1) is 0 Å². The molecule has 1 amide bonds. The summed E-state index contributed by atoms with van der Waals surface area (Å²) in [6.45, 7) is 0.459. The van der Waals surface area contributed by atoms with Crippen molar-refractivity contribution in [3.8, 4) is 11.5 Å². The number of aromatic nitrogens is 1. The first-order valence-electron chi connectivity index (χ1n) is 6.25. The van der Waals surface area contributed by atoms with Gasteiger partial charge >= 0.3 is 0 Å². The Kier molecular flexibility index (Phi) is 4.55. The van der Waals surface area contributed by atoms with Crippen molar-refractivity contribution in [1.82, 2.24) is 10.3 Å². The molecule has 0 fully saturated rings. The summed E-state index contributed by atoms with van der Waals surface area (Å²) in [5.74, 6) is 0.357. The van der Waals surface area contributed by atoms with Crippen molar-refractivity contribution in [2.24, 2.45) is 0 Å². The second kappa shape index (κ2) is 6.56. The third-order valence-corrected chi connectivity index (χ3v) is 2.92. The molecule has 0 aliphatic carbocycles. The smallest absolute Gasteiger partial charge is 0.255 e. The van der Waals surface area contributed by atoms with Gasteiger partial charge in [-0.05, 0) is 24.1 Å². The molecule has 104 valence electrons. The van der Waals surface area contributed by atoms with E-state index in [1.165, 1.54) is 18.5 Å². The lowest BCUT2D eigenvalue weighted by molar-refractivity contribution is 0.0951. The first kappa shape index (κ1) is 13.9. The molecular formula is C15H16N2O3. The molecule has 0 spiro atoms. The average Bonchev–Trinajstić information content (AvgIpc) is 2.48. The molecule has 0 bridgehead atoms. The van der Waals surface area contributed by atoms with E-state index in [0.717, 1.165) is 11.3 Å². The number of nitrogens with one attached hydrogen (secondary N) is 1. The number of para-hydroxylation sites is 1. The summed E-state index contributed by atoms with van der Waals surface area (Å²) >= 11 is 0. The number of methoxy groups -OCH3 is 1. The van der Waals surface area contributed by atoms with Crippen molar-refractivity contribution in [1.29, 1.82) is 0 Å². The number of rotatable bonds is 5. The topological polar surface area (TPSA) is 71.5 Å². The van der Waals surface area contributed by atoms with Crippen molar-refractivity contribution in [2.45, 2.75) is 6.42 Å². The van der Waals surface area contributed by atoms with Gasteiger partial charge in [0.25, 0.3) is 5.91 Å². The number of carbonyl (C=O) groups excluding carboxylic acids is 1. The quantitative estimate of drug-likeness (QED) is 0.870.